The quantitative estimate of drug-likeness (QED) is 0.366. The van der Waals surface area contributed by atoms with Gasteiger partial charge in [-0.15, -0.1) is 0 Å². The fraction of sp³-hybridized carbons (Fsp3) is 0.286. The first-order valence-corrected chi connectivity index (χ1v) is 4.04. The molecule has 1 aliphatic heterocycles. The summed E-state index contributed by atoms with van der Waals surface area (Å²) in [7, 11) is 1.66. The Morgan fingerprint density at radius 2 is 2.56 bits per heavy atom. The molecule has 1 aliphatic rings. The molecule has 0 amide bonds. The highest BCUT2D eigenvalue weighted by molar-refractivity contribution is 8.21. The number of ether oxygens (including phenoxy) is 1. The van der Waals surface area contributed by atoms with Crippen LogP contribution in [0.15, 0.2) is 11.5 Å². The standard InChI is InChI=1S/C7H8OS/c1-8-4-7-9-5-2-3-6-9/h2,5-6H,3H2,1H3. The summed E-state index contributed by atoms with van der Waals surface area (Å²) >= 11 is 0. The van der Waals surface area contributed by atoms with E-state index >= 15 is 0 Å². The van der Waals surface area contributed by atoms with Crippen LogP contribution in [0, 0.1) is 11.4 Å². The molecule has 48 valence electrons. The van der Waals surface area contributed by atoms with Crippen LogP contribution >= 0.6 is 10.5 Å². The van der Waals surface area contributed by atoms with Crippen molar-refractivity contribution in [3.8, 4) is 11.4 Å². The van der Waals surface area contributed by atoms with Crippen molar-refractivity contribution in [1.29, 1.82) is 0 Å². The zero-order valence-corrected chi connectivity index (χ0v) is 6.07. The minimum Gasteiger partial charge on any atom is -0.449 e. The van der Waals surface area contributed by atoms with Crippen molar-refractivity contribution in [2.75, 3.05) is 7.11 Å². The molecule has 0 spiro atoms. The largest absolute Gasteiger partial charge is 0.449 e. The third-order valence-corrected chi connectivity index (χ3v) is 2.27. The first kappa shape index (κ1) is 6.44. The van der Waals surface area contributed by atoms with E-state index in [-0.39, 0.29) is 10.5 Å². The van der Waals surface area contributed by atoms with Crippen molar-refractivity contribution in [3.05, 3.63) is 11.5 Å². The van der Waals surface area contributed by atoms with Gasteiger partial charge in [0, 0.05) is 5.25 Å². The topological polar surface area (TPSA) is 9.23 Å². The molecule has 0 bridgehead atoms. The summed E-state index contributed by atoms with van der Waals surface area (Å²) in [6.45, 7) is 0. The van der Waals surface area contributed by atoms with Crippen molar-refractivity contribution in [1.82, 2.24) is 0 Å². The van der Waals surface area contributed by atoms with E-state index in [1.165, 1.54) is 0 Å². The van der Waals surface area contributed by atoms with E-state index in [1.54, 1.807) is 7.11 Å². The molecule has 1 nitrogen and oxygen atoms in total. The Balaban J connectivity index is 2.53. The van der Waals surface area contributed by atoms with Crippen LogP contribution in [0.1, 0.15) is 6.42 Å². The molecular formula is C7H8OS. The number of hydrogen-bond donors (Lipinski definition) is 0. The summed E-state index contributed by atoms with van der Waals surface area (Å²) in [5.74, 6) is 0. The first-order chi connectivity index (χ1) is 4.43. The normalized spacial score (nSPS) is 22.1. The van der Waals surface area contributed by atoms with Gasteiger partial charge in [0.05, 0.1) is 7.11 Å². The maximum absolute atomic E-state index is 4.60. The van der Waals surface area contributed by atoms with E-state index in [9.17, 15) is 0 Å². The lowest BCUT2D eigenvalue weighted by molar-refractivity contribution is 0.373. The monoisotopic (exact) mass is 140 g/mol. The molecule has 1 atom stereocenters. The number of allylic oxidation sites excluding steroid dienone is 1. The van der Waals surface area contributed by atoms with E-state index in [0.29, 0.717) is 0 Å². The molecule has 0 aromatic rings. The predicted molar refractivity (Wildman–Crippen MR) is 42.2 cm³/mol. The number of rotatable bonds is 0. The average Bonchev–Trinajstić information content (AvgIpc) is 2.34. The summed E-state index contributed by atoms with van der Waals surface area (Å²) in [6.07, 6.45) is 5.75. The molecular weight excluding hydrogens is 132 g/mol. The lowest BCUT2D eigenvalue weighted by Crippen LogP contribution is -1.63. The van der Waals surface area contributed by atoms with Gasteiger partial charge in [-0.1, -0.05) is 16.6 Å². The zero-order chi connectivity index (χ0) is 6.53. The predicted octanol–water partition coefficient (Wildman–Crippen LogP) is 1.54. The van der Waals surface area contributed by atoms with Crippen molar-refractivity contribution >= 4 is 15.9 Å². The fourth-order valence-electron chi connectivity index (χ4n) is 0.539. The van der Waals surface area contributed by atoms with Crippen LogP contribution in [-0.2, 0) is 4.74 Å². The van der Waals surface area contributed by atoms with Gasteiger partial charge < -0.3 is 4.74 Å². The Labute approximate surface area is 57.6 Å². The molecule has 0 aromatic carbocycles. The first-order valence-electron chi connectivity index (χ1n) is 2.69. The van der Waals surface area contributed by atoms with Gasteiger partial charge in [0.15, 0.2) is 0 Å². The Bertz CT molecular complexity index is 205. The summed E-state index contributed by atoms with van der Waals surface area (Å²) in [5, 5.41) is 7.22. The van der Waals surface area contributed by atoms with E-state index < -0.39 is 0 Å². The van der Waals surface area contributed by atoms with E-state index in [0.717, 1.165) is 6.42 Å². The third kappa shape index (κ3) is 1.95. The van der Waals surface area contributed by atoms with Gasteiger partial charge in [-0.05, 0) is 17.2 Å². The molecule has 0 fully saturated rings. The Morgan fingerprint density at radius 1 is 1.67 bits per heavy atom. The van der Waals surface area contributed by atoms with Crippen molar-refractivity contribution < 1.29 is 4.74 Å². The van der Waals surface area contributed by atoms with Crippen LogP contribution in [0.5, 0.6) is 0 Å². The second-order valence-electron chi connectivity index (χ2n) is 1.55. The Hall–Kier alpha value is -0.680. The highest BCUT2D eigenvalue weighted by Gasteiger charge is 1.88. The molecule has 1 rings (SSSR count). The lowest BCUT2D eigenvalue weighted by atomic mass is 10.5. The van der Waals surface area contributed by atoms with E-state index in [1.807, 2.05) is 0 Å². The molecule has 0 saturated carbocycles. The Kier molecular flexibility index (Phi) is 2.41. The second-order valence-corrected chi connectivity index (χ2v) is 3.11. The number of hydrogen-bond acceptors (Lipinski definition) is 1. The minimum absolute atomic E-state index is 0.0812. The molecule has 9 heavy (non-hydrogen) atoms. The van der Waals surface area contributed by atoms with Gasteiger partial charge in [-0.2, -0.15) is 0 Å². The smallest absolute Gasteiger partial charge is 0.121 e. The van der Waals surface area contributed by atoms with Crippen molar-refractivity contribution in [2.45, 2.75) is 6.42 Å². The fourth-order valence-corrected chi connectivity index (χ4v) is 1.62. The van der Waals surface area contributed by atoms with Crippen LogP contribution < -0.4 is 0 Å². The minimum atomic E-state index is 0.0812. The Morgan fingerprint density at radius 3 is 3.11 bits per heavy atom. The van der Waals surface area contributed by atoms with Gasteiger partial charge in [0.25, 0.3) is 0 Å². The van der Waals surface area contributed by atoms with Crippen LogP contribution in [0.2, 0.25) is 0 Å². The molecule has 2 heteroatoms. The summed E-state index contributed by atoms with van der Waals surface area (Å²) < 4.78 is 4.60. The van der Waals surface area contributed by atoms with Crippen molar-refractivity contribution in [2.24, 2.45) is 0 Å². The zero-order valence-electron chi connectivity index (χ0n) is 5.26. The maximum atomic E-state index is 4.60. The molecule has 0 radical (unpaired) electrons. The van der Waals surface area contributed by atoms with Crippen molar-refractivity contribution in [3.63, 3.8) is 0 Å². The summed E-state index contributed by atoms with van der Waals surface area (Å²) in [5.41, 5.74) is 0. The number of methoxy groups -OCH3 is 1. The lowest BCUT2D eigenvalue weighted by Gasteiger charge is -1.81. The van der Waals surface area contributed by atoms with Crippen LogP contribution in [0.25, 0.3) is 0 Å². The molecule has 0 saturated heterocycles. The van der Waals surface area contributed by atoms with Gasteiger partial charge in [0.1, 0.15) is 6.11 Å². The molecule has 0 N–H and O–H groups in total. The molecule has 0 aliphatic carbocycles. The van der Waals surface area contributed by atoms with E-state index in [4.69, 9.17) is 0 Å². The van der Waals surface area contributed by atoms with Crippen LogP contribution in [0.4, 0.5) is 0 Å². The second kappa shape index (κ2) is 3.37. The van der Waals surface area contributed by atoms with Crippen LogP contribution in [-0.4, -0.2) is 12.5 Å². The third-order valence-electron chi connectivity index (χ3n) is 0.916. The summed E-state index contributed by atoms with van der Waals surface area (Å²) in [6, 6.07) is 0. The average molecular weight is 140 g/mol. The van der Waals surface area contributed by atoms with Gasteiger partial charge in [0.2, 0.25) is 0 Å². The molecule has 1 heterocycles. The van der Waals surface area contributed by atoms with E-state index in [2.05, 4.69) is 32.9 Å². The summed E-state index contributed by atoms with van der Waals surface area (Å²) in [4.78, 5) is 0. The van der Waals surface area contributed by atoms with Gasteiger partial charge >= 0.3 is 0 Å². The van der Waals surface area contributed by atoms with Crippen LogP contribution in [0.3, 0.4) is 0 Å². The molecule has 1 unspecified atom stereocenters. The highest BCUT2D eigenvalue weighted by Crippen LogP contribution is 2.17. The highest BCUT2D eigenvalue weighted by atomic mass is 32.2. The SMILES string of the molecule is COC#CS1=CCC=C1. The van der Waals surface area contributed by atoms with Gasteiger partial charge in [-0.25, -0.2) is 0 Å². The molecule has 0 aromatic heterocycles. The maximum Gasteiger partial charge on any atom is 0.121 e. The van der Waals surface area contributed by atoms with Gasteiger partial charge in [-0.3, -0.25) is 0 Å².